The van der Waals surface area contributed by atoms with Crippen LogP contribution in [-0.4, -0.2) is 25.2 Å². The molecule has 0 aromatic carbocycles. The Bertz CT molecular complexity index is 289. The molecule has 1 heterocycles. The smallest absolute Gasteiger partial charge is 0.323 e. The molecule has 0 spiro atoms. The molecule has 3 nitrogen and oxygen atoms in total. The molecule has 3 atom stereocenters. The highest BCUT2D eigenvalue weighted by Crippen LogP contribution is 2.29. The fourth-order valence-electron chi connectivity index (χ4n) is 2.25. The Labute approximate surface area is 84.2 Å². The second-order valence-corrected chi connectivity index (χ2v) is 3.77. The van der Waals surface area contributed by atoms with Gasteiger partial charge in [0, 0.05) is 24.8 Å². The molecule has 2 aliphatic rings. The maximum Gasteiger partial charge on any atom is 0.323 e. The highest BCUT2D eigenvalue weighted by atomic mass is 16.5. The molecule has 76 valence electrons. The summed E-state index contributed by atoms with van der Waals surface area (Å²) in [5.41, 5.74) is 0. The van der Waals surface area contributed by atoms with Crippen molar-refractivity contribution in [3.8, 4) is 11.8 Å². The van der Waals surface area contributed by atoms with Gasteiger partial charge in [0.15, 0.2) is 0 Å². The molecule has 0 bridgehead atoms. The molecule has 14 heavy (non-hydrogen) atoms. The van der Waals surface area contributed by atoms with E-state index in [-0.39, 0.29) is 12.0 Å². The molecule has 0 aromatic heterocycles. The van der Waals surface area contributed by atoms with Crippen LogP contribution in [0.3, 0.4) is 0 Å². The number of nitrogens with one attached hydrogen (secondary N) is 1. The number of carbonyl (C=O) groups is 1. The van der Waals surface area contributed by atoms with E-state index in [0.717, 1.165) is 19.4 Å². The van der Waals surface area contributed by atoms with Crippen molar-refractivity contribution >= 4 is 5.97 Å². The van der Waals surface area contributed by atoms with Gasteiger partial charge in [-0.25, -0.2) is 0 Å². The second kappa shape index (κ2) is 4.02. The predicted molar refractivity (Wildman–Crippen MR) is 52.4 cm³/mol. The molecule has 1 aliphatic heterocycles. The first-order valence-corrected chi connectivity index (χ1v) is 5.21. The summed E-state index contributed by atoms with van der Waals surface area (Å²) in [6, 6.07) is -0.116. The van der Waals surface area contributed by atoms with Crippen molar-refractivity contribution in [2.75, 3.05) is 13.2 Å². The number of fused-ring (bicyclic) bond motifs is 1. The number of ether oxygens (including phenoxy) is 1. The van der Waals surface area contributed by atoms with Crippen LogP contribution < -0.4 is 5.32 Å². The SMILES string of the molecule is CCOC(=O)C1NCC2C#CCCC21. The highest BCUT2D eigenvalue weighted by molar-refractivity contribution is 5.77. The van der Waals surface area contributed by atoms with Gasteiger partial charge < -0.3 is 10.1 Å². The second-order valence-electron chi connectivity index (χ2n) is 3.77. The molecular weight excluding hydrogens is 178 g/mol. The van der Waals surface area contributed by atoms with Crippen LogP contribution in [0.2, 0.25) is 0 Å². The van der Waals surface area contributed by atoms with E-state index >= 15 is 0 Å². The van der Waals surface area contributed by atoms with E-state index in [1.807, 2.05) is 6.92 Å². The number of rotatable bonds is 2. The van der Waals surface area contributed by atoms with Crippen LogP contribution in [0.1, 0.15) is 19.8 Å². The Kier molecular flexibility index (Phi) is 2.74. The van der Waals surface area contributed by atoms with Gasteiger partial charge in [0.1, 0.15) is 6.04 Å². The van der Waals surface area contributed by atoms with Crippen molar-refractivity contribution in [1.82, 2.24) is 5.32 Å². The summed E-state index contributed by atoms with van der Waals surface area (Å²) in [5, 5.41) is 3.21. The lowest BCUT2D eigenvalue weighted by Crippen LogP contribution is -2.37. The van der Waals surface area contributed by atoms with E-state index in [4.69, 9.17) is 4.74 Å². The highest BCUT2D eigenvalue weighted by Gasteiger charge is 2.40. The largest absolute Gasteiger partial charge is 0.465 e. The summed E-state index contributed by atoms with van der Waals surface area (Å²) in [6.07, 6.45) is 1.94. The fourth-order valence-corrected chi connectivity index (χ4v) is 2.25. The quantitative estimate of drug-likeness (QED) is 0.514. The topological polar surface area (TPSA) is 38.3 Å². The molecular formula is C11H15NO2. The van der Waals surface area contributed by atoms with Crippen LogP contribution in [0.15, 0.2) is 0 Å². The maximum absolute atomic E-state index is 11.6. The van der Waals surface area contributed by atoms with Crippen LogP contribution in [0.5, 0.6) is 0 Å². The van der Waals surface area contributed by atoms with Gasteiger partial charge in [0.2, 0.25) is 0 Å². The lowest BCUT2D eigenvalue weighted by atomic mass is 9.84. The van der Waals surface area contributed by atoms with Crippen molar-refractivity contribution in [1.29, 1.82) is 0 Å². The van der Waals surface area contributed by atoms with E-state index < -0.39 is 0 Å². The summed E-state index contributed by atoms with van der Waals surface area (Å²) in [4.78, 5) is 11.6. The van der Waals surface area contributed by atoms with Crippen molar-refractivity contribution in [2.45, 2.75) is 25.8 Å². The summed E-state index contributed by atoms with van der Waals surface area (Å²) >= 11 is 0. The van der Waals surface area contributed by atoms with Crippen molar-refractivity contribution in [3.05, 3.63) is 0 Å². The molecule has 1 aliphatic carbocycles. The monoisotopic (exact) mass is 193 g/mol. The summed E-state index contributed by atoms with van der Waals surface area (Å²) in [6.45, 7) is 3.13. The first kappa shape index (κ1) is 9.54. The van der Waals surface area contributed by atoms with E-state index in [0.29, 0.717) is 18.4 Å². The molecule has 0 aromatic rings. The Hall–Kier alpha value is -1.01. The van der Waals surface area contributed by atoms with Crippen molar-refractivity contribution in [3.63, 3.8) is 0 Å². The third-order valence-corrected chi connectivity index (χ3v) is 2.93. The normalized spacial score (nSPS) is 34.2. The predicted octanol–water partition coefficient (Wildman–Crippen LogP) is 0.551. The Morgan fingerprint density at radius 2 is 2.50 bits per heavy atom. The third-order valence-electron chi connectivity index (χ3n) is 2.93. The van der Waals surface area contributed by atoms with Gasteiger partial charge in [-0.1, -0.05) is 5.92 Å². The minimum Gasteiger partial charge on any atom is -0.465 e. The zero-order valence-corrected chi connectivity index (χ0v) is 8.38. The first-order chi connectivity index (χ1) is 6.83. The van der Waals surface area contributed by atoms with E-state index in [2.05, 4.69) is 17.2 Å². The summed E-state index contributed by atoms with van der Waals surface area (Å²) < 4.78 is 5.03. The minimum atomic E-state index is -0.116. The van der Waals surface area contributed by atoms with Gasteiger partial charge in [-0.3, -0.25) is 4.79 Å². The Balaban J connectivity index is 2.03. The Morgan fingerprint density at radius 1 is 1.64 bits per heavy atom. The van der Waals surface area contributed by atoms with Gasteiger partial charge in [-0.2, -0.15) is 0 Å². The molecule has 0 radical (unpaired) electrons. The number of esters is 1. The van der Waals surface area contributed by atoms with Gasteiger partial charge in [-0.05, 0) is 13.3 Å². The molecule has 2 rings (SSSR count). The van der Waals surface area contributed by atoms with E-state index in [1.54, 1.807) is 0 Å². The van der Waals surface area contributed by atoms with Crippen molar-refractivity contribution < 1.29 is 9.53 Å². The number of hydrogen-bond acceptors (Lipinski definition) is 3. The molecule has 0 amide bonds. The minimum absolute atomic E-state index is 0.108. The molecule has 0 saturated carbocycles. The fraction of sp³-hybridized carbons (Fsp3) is 0.727. The van der Waals surface area contributed by atoms with Crippen LogP contribution in [0.25, 0.3) is 0 Å². The zero-order chi connectivity index (χ0) is 9.97. The summed E-state index contributed by atoms with van der Waals surface area (Å²) in [5.74, 6) is 6.92. The lowest BCUT2D eigenvalue weighted by Gasteiger charge is -2.21. The average Bonchev–Trinajstić information content (AvgIpc) is 2.61. The van der Waals surface area contributed by atoms with Crippen LogP contribution in [0.4, 0.5) is 0 Å². The number of carbonyl (C=O) groups excluding carboxylic acids is 1. The van der Waals surface area contributed by atoms with E-state index in [1.165, 1.54) is 0 Å². The van der Waals surface area contributed by atoms with Crippen molar-refractivity contribution in [2.24, 2.45) is 11.8 Å². The summed E-state index contributed by atoms with van der Waals surface area (Å²) in [7, 11) is 0. The molecule has 1 fully saturated rings. The molecule has 1 N–H and O–H groups in total. The number of hydrogen-bond donors (Lipinski definition) is 1. The van der Waals surface area contributed by atoms with E-state index in [9.17, 15) is 4.79 Å². The molecule has 3 unspecified atom stereocenters. The zero-order valence-electron chi connectivity index (χ0n) is 8.38. The van der Waals surface area contributed by atoms with Gasteiger partial charge in [0.05, 0.1) is 6.61 Å². The average molecular weight is 193 g/mol. The first-order valence-electron chi connectivity index (χ1n) is 5.21. The van der Waals surface area contributed by atoms with Crippen LogP contribution >= 0.6 is 0 Å². The molecule has 1 saturated heterocycles. The van der Waals surface area contributed by atoms with Gasteiger partial charge in [0.25, 0.3) is 0 Å². The van der Waals surface area contributed by atoms with Crippen LogP contribution in [-0.2, 0) is 9.53 Å². The third kappa shape index (κ3) is 1.62. The lowest BCUT2D eigenvalue weighted by molar-refractivity contribution is -0.146. The van der Waals surface area contributed by atoms with Crippen LogP contribution in [0, 0.1) is 23.7 Å². The standard InChI is InChI=1S/C11H15NO2/c1-2-14-11(13)10-9-6-4-3-5-8(9)7-12-10/h8-10,12H,2,4,6-7H2,1H3. The van der Waals surface area contributed by atoms with Gasteiger partial charge >= 0.3 is 5.97 Å². The molecule has 3 heteroatoms. The Morgan fingerprint density at radius 3 is 3.29 bits per heavy atom. The van der Waals surface area contributed by atoms with Gasteiger partial charge in [-0.15, -0.1) is 5.92 Å². The maximum atomic E-state index is 11.6.